The van der Waals surface area contributed by atoms with Gasteiger partial charge in [-0.3, -0.25) is 0 Å². The van der Waals surface area contributed by atoms with Crippen LogP contribution in [-0.4, -0.2) is 47.8 Å². The second-order valence-electron chi connectivity index (χ2n) is 4.16. The highest BCUT2D eigenvalue weighted by atomic mass is 16.5. The van der Waals surface area contributed by atoms with Crippen LogP contribution in [0.25, 0.3) is 0 Å². The summed E-state index contributed by atoms with van der Waals surface area (Å²) in [7, 11) is 2.10. The Hall–Kier alpha value is -0.610. The molecular formula is C10H19NO3. The van der Waals surface area contributed by atoms with Gasteiger partial charge in [0.2, 0.25) is 0 Å². The molecule has 0 amide bonds. The van der Waals surface area contributed by atoms with E-state index in [0.29, 0.717) is 12.1 Å². The molecule has 0 radical (unpaired) electrons. The molecule has 0 spiro atoms. The van der Waals surface area contributed by atoms with Crippen molar-refractivity contribution in [3.05, 3.63) is 0 Å². The van der Waals surface area contributed by atoms with Gasteiger partial charge in [0, 0.05) is 12.1 Å². The van der Waals surface area contributed by atoms with Crippen LogP contribution < -0.4 is 0 Å². The average Bonchev–Trinajstić information content (AvgIpc) is 2.10. The molecule has 82 valence electrons. The maximum absolute atomic E-state index is 10.3. The van der Waals surface area contributed by atoms with Crippen molar-refractivity contribution < 1.29 is 14.6 Å². The van der Waals surface area contributed by atoms with E-state index < -0.39 is 5.97 Å². The molecule has 4 nitrogen and oxygen atoms in total. The predicted octanol–water partition coefficient (Wildman–Crippen LogP) is 0.959. The van der Waals surface area contributed by atoms with Crippen molar-refractivity contribution in [3.63, 3.8) is 0 Å². The number of ether oxygens (including phenoxy) is 1. The van der Waals surface area contributed by atoms with Gasteiger partial charge < -0.3 is 14.7 Å². The normalized spacial score (nSPS) is 34.4. The average molecular weight is 201 g/mol. The number of nitrogens with zero attached hydrogens (tertiary/aromatic N) is 1. The highest BCUT2D eigenvalue weighted by Gasteiger charge is 2.28. The van der Waals surface area contributed by atoms with Gasteiger partial charge >= 0.3 is 5.97 Å². The Balaban J connectivity index is 2.38. The number of aliphatic carboxylic acids is 1. The lowest BCUT2D eigenvalue weighted by Gasteiger charge is -2.39. The fourth-order valence-electron chi connectivity index (χ4n) is 1.95. The summed E-state index contributed by atoms with van der Waals surface area (Å²) < 4.78 is 5.31. The predicted molar refractivity (Wildman–Crippen MR) is 53.3 cm³/mol. The van der Waals surface area contributed by atoms with Crippen molar-refractivity contribution in [2.45, 2.75) is 44.9 Å². The molecular weight excluding hydrogens is 182 g/mol. The number of carboxylic acid groups (broad SMARTS) is 1. The molecule has 1 rings (SSSR count). The summed E-state index contributed by atoms with van der Waals surface area (Å²) in [6, 6.07) is 0.940. The van der Waals surface area contributed by atoms with Gasteiger partial charge in [-0.05, 0) is 33.7 Å². The number of carbonyl (C=O) groups is 1. The largest absolute Gasteiger partial charge is 0.480 e. The summed E-state index contributed by atoms with van der Waals surface area (Å²) >= 11 is 0. The van der Waals surface area contributed by atoms with E-state index in [0.717, 1.165) is 12.8 Å². The smallest absolute Gasteiger partial charge is 0.329 e. The third kappa shape index (κ3) is 2.96. The van der Waals surface area contributed by atoms with Crippen molar-refractivity contribution in [3.8, 4) is 0 Å². The summed E-state index contributed by atoms with van der Waals surface area (Å²) in [4.78, 5) is 12.6. The minimum atomic E-state index is -0.885. The van der Waals surface area contributed by atoms with Crippen LogP contribution in [0.15, 0.2) is 0 Å². The topological polar surface area (TPSA) is 49.8 Å². The van der Waals surface area contributed by atoms with Crippen LogP contribution >= 0.6 is 0 Å². The highest BCUT2D eigenvalue weighted by molar-refractivity contribution is 5.68. The molecule has 14 heavy (non-hydrogen) atoms. The molecule has 1 aliphatic heterocycles. The van der Waals surface area contributed by atoms with Crippen molar-refractivity contribution in [1.82, 2.24) is 4.90 Å². The molecule has 0 aromatic carbocycles. The number of rotatable bonds is 3. The zero-order valence-electron chi connectivity index (χ0n) is 9.06. The fourth-order valence-corrected chi connectivity index (χ4v) is 1.95. The zero-order chi connectivity index (χ0) is 10.7. The van der Waals surface area contributed by atoms with Crippen LogP contribution in [0.4, 0.5) is 0 Å². The first-order valence-electron chi connectivity index (χ1n) is 5.06. The SMILES string of the molecule is C[C@@H]1CC(OCC(=O)O)C[C@H](C)N1C. The Morgan fingerprint density at radius 1 is 1.43 bits per heavy atom. The summed E-state index contributed by atoms with van der Waals surface area (Å²) in [6.07, 6.45) is 1.95. The van der Waals surface area contributed by atoms with Crippen LogP contribution in [0.2, 0.25) is 0 Å². The van der Waals surface area contributed by atoms with Crippen molar-refractivity contribution in [2.24, 2.45) is 0 Å². The number of piperidine rings is 1. The van der Waals surface area contributed by atoms with Gasteiger partial charge in [-0.15, -0.1) is 0 Å². The van der Waals surface area contributed by atoms with E-state index in [1.54, 1.807) is 0 Å². The monoisotopic (exact) mass is 201 g/mol. The zero-order valence-corrected chi connectivity index (χ0v) is 9.06. The van der Waals surface area contributed by atoms with Gasteiger partial charge in [0.15, 0.2) is 0 Å². The molecule has 1 unspecified atom stereocenters. The standard InChI is InChI=1S/C10H19NO3/c1-7-4-9(14-6-10(12)13)5-8(2)11(7)3/h7-9H,4-6H2,1-3H3,(H,12,13)/t7-,8+,9?. The van der Waals surface area contributed by atoms with Crippen LogP contribution in [0.1, 0.15) is 26.7 Å². The van der Waals surface area contributed by atoms with Gasteiger partial charge in [-0.2, -0.15) is 0 Å². The third-order valence-electron chi connectivity index (χ3n) is 3.04. The molecule has 3 atom stereocenters. The van der Waals surface area contributed by atoms with Crippen LogP contribution in [-0.2, 0) is 9.53 Å². The summed E-state index contributed by atoms with van der Waals surface area (Å²) in [6.45, 7) is 4.12. The lowest BCUT2D eigenvalue weighted by Crippen LogP contribution is -2.46. The molecule has 0 aromatic rings. The Labute approximate surface area is 84.8 Å². The van der Waals surface area contributed by atoms with Crippen molar-refractivity contribution >= 4 is 5.97 Å². The molecule has 0 aromatic heterocycles. The third-order valence-corrected chi connectivity index (χ3v) is 3.04. The number of hydrogen-bond acceptors (Lipinski definition) is 3. The second kappa shape index (κ2) is 4.75. The minimum absolute atomic E-state index is 0.104. The first-order valence-corrected chi connectivity index (χ1v) is 5.06. The number of hydrogen-bond donors (Lipinski definition) is 1. The van der Waals surface area contributed by atoms with E-state index in [2.05, 4.69) is 25.8 Å². The summed E-state index contributed by atoms with van der Waals surface area (Å²) in [5.41, 5.74) is 0. The molecule has 1 heterocycles. The number of likely N-dealkylation sites (tertiary alicyclic amines) is 1. The van der Waals surface area contributed by atoms with E-state index in [1.165, 1.54) is 0 Å². The van der Waals surface area contributed by atoms with Crippen molar-refractivity contribution in [2.75, 3.05) is 13.7 Å². The highest BCUT2D eigenvalue weighted by Crippen LogP contribution is 2.23. The van der Waals surface area contributed by atoms with Crippen LogP contribution in [0, 0.1) is 0 Å². The van der Waals surface area contributed by atoms with Crippen molar-refractivity contribution in [1.29, 1.82) is 0 Å². The van der Waals surface area contributed by atoms with Gasteiger partial charge in [0.05, 0.1) is 6.10 Å². The minimum Gasteiger partial charge on any atom is -0.480 e. The maximum Gasteiger partial charge on any atom is 0.329 e. The molecule has 1 N–H and O–H groups in total. The van der Waals surface area contributed by atoms with Gasteiger partial charge in [-0.25, -0.2) is 4.79 Å². The van der Waals surface area contributed by atoms with Gasteiger partial charge in [-0.1, -0.05) is 0 Å². The van der Waals surface area contributed by atoms with Gasteiger partial charge in [0.1, 0.15) is 6.61 Å². The quantitative estimate of drug-likeness (QED) is 0.739. The van der Waals surface area contributed by atoms with E-state index >= 15 is 0 Å². The van der Waals surface area contributed by atoms with E-state index in [-0.39, 0.29) is 12.7 Å². The van der Waals surface area contributed by atoms with Gasteiger partial charge in [0.25, 0.3) is 0 Å². The molecule has 0 saturated carbocycles. The second-order valence-corrected chi connectivity index (χ2v) is 4.16. The molecule has 1 saturated heterocycles. The Morgan fingerprint density at radius 2 is 1.93 bits per heavy atom. The molecule has 0 aliphatic carbocycles. The maximum atomic E-state index is 10.3. The lowest BCUT2D eigenvalue weighted by atomic mass is 9.95. The van der Waals surface area contributed by atoms with E-state index in [9.17, 15) is 4.79 Å². The molecule has 1 fully saturated rings. The van der Waals surface area contributed by atoms with Crippen LogP contribution in [0.5, 0.6) is 0 Å². The lowest BCUT2D eigenvalue weighted by molar-refractivity contribution is -0.146. The fraction of sp³-hybridized carbons (Fsp3) is 0.900. The Bertz CT molecular complexity index is 196. The molecule has 0 bridgehead atoms. The number of carboxylic acids is 1. The Kier molecular flexibility index (Phi) is 3.89. The first-order chi connectivity index (χ1) is 6.50. The molecule has 4 heteroatoms. The van der Waals surface area contributed by atoms with E-state index in [1.807, 2.05) is 0 Å². The molecule has 1 aliphatic rings. The summed E-state index contributed by atoms with van der Waals surface area (Å²) in [5.74, 6) is -0.885. The van der Waals surface area contributed by atoms with E-state index in [4.69, 9.17) is 9.84 Å². The first kappa shape index (κ1) is 11.5. The Morgan fingerprint density at radius 3 is 2.36 bits per heavy atom. The summed E-state index contributed by atoms with van der Waals surface area (Å²) in [5, 5.41) is 8.49. The van der Waals surface area contributed by atoms with Crippen LogP contribution in [0.3, 0.4) is 0 Å².